The monoisotopic (exact) mass is 490 g/mol. The maximum Gasteiger partial charge on any atom is 0.306 e. The largest absolute Gasteiger partial charge is 0.481 e. The molecule has 0 saturated heterocycles. The summed E-state index contributed by atoms with van der Waals surface area (Å²) in [4.78, 5) is 34.6. The number of carboxylic acids is 1. The SMILES string of the molecule is COC(=O)CC[C@H](C)[C@@H]1CC[C@@H]2[C@H]3CC[C@@H]4C[C@H](OC(=O)CCC(=O)O)CC[C@]4(C)[C@@H]3CC[C@@]21C. The van der Waals surface area contributed by atoms with Gasteiger partial charge < -0.3 is 14.6 Å². The van der Waals surface area contributed by atoms with Crippen LogP contribution < -0.4 is 0 Å². The fraction of sp³-hybridized carbons (Fsp3) is 0.897. The second-order valence-electron chi connectivity index (χ2n) is 12.8. The Hall–Kier alpha value is -1.59. The fourth-order valence-electron chi connectivity index (χ4n) is 9.40. The van der Waals surface area contributed by atoms with Crippen molar-refractivity contribution in [1.29, 1.82) is 0 Å². The van der Waals surface area contributed by atoms with E-state index < -0.39 is 5.97 Å². The maximum absolute atomic E-state index is 12.1. The van der Waals surface area contributed by atoms with E-state index in [-0.39, 0.29) is 30.9 Å². The lowest BCUT2D eigenvalue weighted by molar-refractivity contribution is -0.164. The third-order valence-corrected chi connectivity index (χ3v) is 11.3. The number of methoxy groups -OCH3 is 1. The summed E-state index contributed by atoms with van der Waals surface area (Å²) in [6, 6.07) is 0. The summed E-state index contributed by atoms with van der Waals surface area (Å²) >= 11 is 0. The van der Waals surface area contributed by atoms with Gasteiger partial charge in [0.15, 0.2) is 0 Å². The zero-order chi connectivity index (χ0) is 25.4. The summed E-state index contributed by atoms with van der Waals surface area (Å²) < 4.78 is 10.6. The fourth-order valence-corrected chi connectivity index (χ4v) is 9.40. The van der Waals surface area contributed by atoms with Crippen LogP contribution in [0.2, 0.25) is 0 Å². The molecule has 0 heterocycles. The van der Waals surface area contributed by atoms with Crippen LogP contribution in [0.25, 0.3) is 0 Å². The zero-order valence-electron chi connectivity index (χ0n) is 22.2. The molecule has 0 aromatic heterocycles. The van der Waals surface area contributed by atoms with E-state index in [2.05, 4.69) is 20.8 Å². The first-order chi connectivity index (χ1) is 16.6. The normalized spacial score (nSPS) is 41.1. The summed E-state index contributed by atoms with van der Waals surface area (Å²) in [6.07, 6.45) is 11.9. The summed E-state index contributed by atoms with van der Waals surface area (Å²) in [5.41, 5.74) is 0.708. The quantitative estimate of drug-likeness (QED) is 0.419. The molecule has 0 aliphatic heterocycles. The Labute approximate surface area is 210 Å². The lowest BCUT2D eigenvalue weighted by atomic mass is 9.44. The van der Waals surface area contributed by atoms with Crippen molar-refractivity contribution in [3.05, 3.63) is 0 Å². The van der Waals surface area contributed by atoms with Gasteiger partial charge in [0.05, 0.1) is 20.0 Å². The minimum absolute atomic E-state index is 0.0298. The molecule has 4 fully saturated rings. The first-order valence-electron chi connectivity index (χ1n) is 14.1. The van der Waals surface area contributed by atoms with Crippen molar-refractivity contribution in [2.45, 2.75) is 110 Å². The Bertz CT molecular complexity index is 809. The van der Waals surface area contributed by atoms with Gasteiger partial charge in [-0.1, -0.05) is 20.8 Å². The Morgan fingerprint density at radius 2 is 1.60 bits per heavy atom. The van der Waals surface area contributed by atoms with E-state index in [1.807, 2.05) is 0 Å². The molecule has 6 nitrogen and oxygen atoms in total. The number of carbonyl (C=O) groups excluding carboxylic acids is 2. The Morgan fingerprint density at radius 3 is 2.31 bits per heavy atom. The molecule has 1 N–H and O–H groups in total. The lowest BCUT2D eigenvalue weighted by Crippen LogP contribution is -2.54. The van der Waals surface area contributed by atoms with Gasteiger partial charge in [-0.2, -0.15) is 0 Å². The highest BCUT2D eigenvalue weighted by atomic mass is 16.5. The van der Waals surface area contributed by atoms with Crippen LogP contribution in [-0.2, 0) is 23.9 Å². The van der Waals surface area contributed by atoms with Crippen LogP contribution in [0.1, 0.15) is 104 Å². The molecule has 4 aliphatic rings. The highest BCUT2D eigenvalue weighted by Crippen LogP contribution is 2.68. The van der Waals surface area contributed by atoms with Gasteiger partial charge in [-0.05, 0) is 111 Å². The first-order valence-corrected chi connectivity index (χ1v) is 14.1. The molecule has 0 unspecified atom stereocenters. The van der Waals surface area contributed by atoms with E-state index in [1.54, 1.807) is 0 Å². The van der Waals surface area contributed by atoms with Gasteiger partial charge in [0.1, 0.15) is 6.10 Å². The molecule has 0 amide bonds. The van der Waals surface area contributed by atoms with E-state index in [9.17, 15) is 14.4 Å². The molecular weight excluding hydrogens is 444 g/mol. The number of aliphatic carboxylic acids is 1. The highest BCUT2D eigenvalue weighted by Gasteiger charge is 2.60. The van der Waals surface area contributed by atoms with Crippen molar-refractivity contribution in [1.82, 2.24) is 0 Å². The van der Waals surface area contributed by atoms with Gasteiger partial charge in [0.25, 0.3) is 0 Å². The molecule has 35 heavy (non-hydrogen) atoms. The van der Waals surface area contributed by atoms with Crippen molar-refractivity contribution < 1.29 is 29.0 Å². The van der Waals surface area contributed by atoms with Gasteiger partial charge in [-0.3, -0.25) is 14.4 Å². The zero-order valence-corrected chi connectivity index (χ0v) is 22.2. The van der Waals surface area contributed by atoms with Gasteiger partial charge in [-0.15, -0.1) is 0 Å². The minimum Gasteiger partial charge on any atom is -0.481 e. The third kappa shape index (κ3) is 5.13. The van der Waals surface area contributed by atoms with Crippen LogP contribution in [0.5, 0.6) is 0 Å². The summed E-state index contributed by atoms with van der Waals surface area (Å²) in [5.74, 6) is 2.79. The predicted molar refractivity (Wildman–Crippen MR) is 132 cm³/mol. The van der Waals surface area contributed by atoms with E-state index in [1.165, 1.54) is 45.6 Å². The van der Waals surface area contributed by atoms with Gasteiger partial charge in [0.2, 0.25) is 0 Å². The average molecular weight is 491 g/mol. The molecule has 0 aromatic carbocycles. The van der Waals surface area contributed by atoms with Crippen LogP contribution in [-0.4, -0.2) is 36.2 Å². The van der Waals surface area contributed by atoms with E-state index >= 15 is 0 Å². The molecule has 198 valence electrons. The molecule has 6 heteroatoms. The van der Waals surface area contributed by atoms with Crippen molar-refractivity contribution in [3.63, 3.8) is 0 Å². The van der Waals surface area contributed by atoms with Crippen LogP contribution in [0.4, 0.5) is 0 Å². The minimum atomic E-state index is -0.951. The van der Waals surface area contributed by atoms with Crippen LogP contribution in [0.15, 0.2) is 0 Å². The molecule has 4 aliphatic carbocycles. The van der Waals surface area contributed by atoms with Gasteiger partial charge >= 0.3 is 17.9 Å². The number of fused-ring (bicyclic) bond motifs is 5. The van der Waals surface area contributed by atoms with E-state index in [4.69, 9.17) is 14.6 Å². The Morgan fingerprint density at radius 1 is 0.886 bits per heavy atom. The molecule has 4 rings (SSSR count). The number of carbonyl (C=O) groups is 3. The van der Waals surface area contributed by atoms with E-state index in [0.717, 1.165) is 43.4 Å². The van der Waals surface area contributed by atoms with Gasteiger partial charge in [0, 0.05) is 6.42 Å². The maximum atomic E-state index is 12.1. The van der Waals surface area contributed by atoms with E-state index in [0.29, 0.717) is 35.0 Å². The number of rotatable bonds is 8. The molecule has 0 aromatic rings. The van der Waals surface area contributed by atoms with Crippen molar-refractivity contribution >= 4 is 17.9 Å². The summed E-state index contributed by atoms with van der Waals surface area (Å²) in [7, 11) is 1.48. The molecule has 4 saturated carbocycles. The molecule has 9 atom stereocenters. The van der Waals surface area contributed by atoms with Crippen LogP contribution in [0, 0.1) is 46.3 Å². The molecule has 0 spiro atoms. The highest BCUT2D eigenvalue weighted by molar-refractivity contribution is 5.76. The standard InChI is InChI=1S/C29H46O6/c1-18(5-11-26(32)34-4)22-8-9-23-21-7-6-19-17-20(35-27(33)12-10-25(30)31)13-15-28(19,2)24(21)14-16-29(22,23)3/h18-24H,5-17H2,1-4H3,(H,30,31)/t18-,19+,20+,21+,22-,23+,24+,28-,29+/m0/s1. The number of hydrogen-bond donors (Lipinski definition) is 1. The molecule has 0 radical (unpaired) electrons. The second-order valence-corrected chi connectivity index (χ2v) is 12.8. The topological polar surface area (TPSA) is 89.9 Å². The summed E-state index contributed by atoms with van der Waals surface area (Å²) in [6.45, 7) is 7.43. The van der Waals surface area contributed by atoms with Crippen molar-refractivity contribution in [2.75, 3.05) is 7.11 Å². The predicted octanol–water partition coefficient (Wildman–Crippen LogP) is 6.01. The molecule has 0 bridgehead atoms. The van der Waals surface area contributed by atoms with Crippen LogP contribution >= 0.6 is 0 Å². The Kier molecular flexibility index (Phi) is 7.88. The van der Waals surface area contributed by atoms with Crippen molar-refractivity contribution in [3.8, 4) is 0 Å². The lowest BCUT2D eigenvalue weighted by Gasteiger charge is -2.61. The number of esters is 2. The average Bonchev–Trinajstić information content (AvgIpc) is 3.18. The second kappa shape index (κ2) is 10.4. The number of carboxylic acid groups (broad SMARTS) is 1. The first kappa shape index (κ1) is 26.5. The third-order valence-electron chi connectivity index (χ3n) is 11.3. The smallest absolute Gasteiger partial charge is 0.306 e. The van der Waals surface area contributed by atoms with Crippen LogP contribution in [0.3, 0.4) is 0 Å². The summed E-state index contributed by atoms with van der Waals surface area (Å²) in [5, 5.41) is 8.83. The van der Waals surface area contributed by atoms with Gasteiger partial charge in [-0.25, -0.2) is 0 Å². The number of ether oxygens (including phenoxy) is 2. The number of hydrogen-bond acceptors (Lipinski definition) is 5. The Balaban J connectivity index is 1.38. The molecular formula is C29H46O6. The van der Waals surface area contributed by atoms with Crippen molar-refractivity contribution in [2.24, 2.45) is 46.3 Å².